The Morgan fingerprint density at radius 1 is 0.903 bits per heavy atom. The molecule has 0 aliphatic rings. The number of amides is 3. The van der Waals surface area contributed by atoms with E-state index in [1.165, 1.54) is 6.92 Å². The zero-order chi connectivity index (χ0) is 23.6. The fourth-order valence-corrected chi connectivity index (χ4v) is 2.49. The molecule has 12 nitrogen and oxygen atoms in total. The molecule has 0 aliphatic heterocycles. The SMILES string of the molecule is CC(O)C(N)C(=O)NC(Cc1ccccc1)C(=O)NC(CC(=O)O)C(=O)NCC(=O)O. The van der Waals surface area contributed by atoms with E-state index in [9.17, 15) is 29.1 Å². The Bertz CT molecular complexity index is 799. The molecule has 1 aromatic carbocycles. The molecule has 0 saturated heterocycles. The Balaban J connectivity index is 3.02. The summed E-state index contributed by atoms with van der Waals surface area (Å²) in [4.78, 5) is 58.9. The molecule has 4 atom stereocenters. The number of hydrogen-bond acceptors (Lipinski definition) is 7. The minimum Gasteiger partial charge on any atom is -0.481 e. The second-order valence-electron chi connectivity index (χ2n) is 6.79. The van der Waals surface area contributed by atoms with Crippen LogP contribution in [-0.2, 0) is 30.4 Å². The lowest BCUT2D eigenvalue weighted by Crippen LogP contribution is -2.58. The van der Waals surface area contributed by atoms with Gasteiger partial charge in [-0.25, -0.2) is 0 Å². The largest absolute Gasteiger partial charge is 0.481 e. The maximum atomic E-state index is 12.8. The smallest absolute Gasteiger partial charge is 0.322 e. The van der Waals surface area contributed by atoms with E-state index < -0.39 is 66.9 Å². The number of carbonyl (C=O) groups excluding carboxylic acids is 3. The summed E-state index contributed by atoms with van der Waals surface area (Å²) in [5.74, 6) is -5.47. The van der Waals surface area contributed by atoms with Gasteiger partial charge in [-0.3, -0.25) is 24.0 Å². The highest BCUT2D eigenvalue weighted by atomic mass is 16.4. The van der Waals surface area contributed by atoms with E-state index in [-0.39, 0.29) is 6.42 Å². The maximum absolute atomic E-state index is 12.8. The highest BCUT2D eigenvalue weighted by Crippen LogP contribution is 2.06. The Hall–Kier alpha value is -3.51. The number of rotatable bonds is 12. The second kappa shape index (κ2) is 12.2. The van der Waals surface area contributed by atoms with E-state index in [4.69, 9.17) is 15.9 Å². The van der Waals surface area contributed by atoms with Gasteiger partial charge in [0.05, 0.1) is 12.5 Å². The summed E-state index contributed by atoms with van der Waals surface area (Å²) in [5, 5.41) is 33.8. The minimum atomic E-state index is -1.58. The van der Waals surface area contributed by atoms with Crippen molar-refractivity contribution in [2.24, 2.45) is 5.73 Å². The highest BCUT2D eigenvalue weighted by Gasteiger charge is 2.30. The Morgan fingerprint density at radius 2 is 1.48 bits per heavy atom. The summed E-state index contributed by atoms with van der Waals surface area (Å²) in [7, 11) is 0. The molecule has 0 spiro atoms. The summed E-state index contributed by atoms with van der Waals surface area (Å²) in [6.07, 6.45) is -2.01. The molecule has 3 amide bonds. The Kier molecular flexibility index (Phi) is 10.1. The predicted molar refractivity (Wildman–Crippen MR) is 107 cm³/mol. The average molecular weight is 438 g/mol. The first-order valence-electron chi connectivity index (χ1n) is 9.30. The number of carboxylic acids is 2. The van der Waals surface area contributed by atoms with Crippen LogP contribution in [0, 0.1) is 0 Å². The van der Waals surface area contributed by atoms with Gasteiger partial charge in [-0.05, 0) is 12.5 Å². The lowest BCUT2D eigenvalue weighted by Gasteiger charge is -2.24. The van der Waals surface area contributed by atoms with Crippen molar-refractivity contribution in [1.29, 1.82) is 0 Å². The molecule has 170 valence electrons. The first-order chi connectivity index (χ1) is 14.5. The molecule has 0 bridgehead atoms. The summed E-state index contributed by atoms with van der Waals surface area (Å²) < 4.78 is 0. The first kappa shape index (κ1) is 25.5. The predicted octanol–water partition coefficient (Wildman–Crippen LogP) is -2.42. The van der Waals surface area contributed by atoms with E-state index in [0.717, 1.165) is 0 Å². The van der Waals surface area contributed by atoms with Crippen molar-refractivity contribution in [3.05, 3.63) is 35.9 Å². The third-order valence-electron chi connectivity index (χ3n) is 4.16. The van der Waals surface area contributed by atoms with Gasteiger partial charge in [0.2, 0.25) is 17.7 Å². The second-order valence-corrected chi connectivity index (χ2v) is 6.79. The molecule has 31 heavy (non-hydrogen) atoms. The van der Waals surface area contributed by atoms with Crippen LogP contribution in [0.25, 0.3) is 0 Å². The van der Waals surface area contributed by atoms with E-state index in [0.29, 0.717) is 5.56 Å². The van der Waals surface area contributed by atoms with Crippen LogP contribution in [0.2, 0.25) is 0 Å². The normalized spacial score (nSPS) is 14.4. The number of carbonyl (C=O) groups is 5. The zero-order valence-electron chi connectivity index (χ0n) is 16.8. The standard InChI is InChI=1S/C19H26N4O8/c1-10(24)16(20)19(31)23-12(7-11-5-3-2-4-6-11)18(30)22-13(8-14(25)26)17(29)21-9-15(27)28/h2-6,10,12-13,16,24H,7-9,20H2,1H3,(H,21,29)(H,22,30)(H,23,31)(H,25,26)(H,27,28). The Labute approximate surface area is 177 Å². The van der Waals surface area contributed by atoms with Crippen molar-refractivity contribution in [3.63, 3.8) is 0 Å². The van der Waals surface area contributed by atoms with Gasteiger partial charge in [0.15, 0.2) is 0 Å². The molecular formula is C19H26N4O8. The molecule has 0 aliphatic carbocycles. The van der Waals surface area contributed by atoms with Crippen molar-refractivity contribution >= 4 is 29.7 Å². The van der Waals surface area contributed by atoms with Crippen LogP contribution in [0.4, 0.5) is 0 Å². The number of carboxylic acid groups (broad SMARTS) is 2. The number of benzene rings is 1. The van der Waals surface area contributed by atoms with Crippen molar-refractivity contribution in [3.8, 4) is 0 Å². The monoisotopic (exact) mass is 438 g/mol. The van der Waals surface area contributed by atoms with Gasteiger partial charge in [0, 0.05) is 6.42 Å². The molecule has 12 heteroatoms. The van der Waals surface area contributed by atoms with Gasteiger partial charge in [-0.2, -0.15) is 0 Å². The quantitative estimate of drug-likeness (QED) is 0.185. The third kappa shape index (κ3) is 9.23. The van der Waals surface area contributed by atoms with Gasteiger partial charge in [0.1, 0.15) is 24.7 Å². The van der Waals surface area contributed by atoms with Gasteiger partial charge in [-0.15, -0.1) is 0 Å². The molecule has 1 rings (SSSR count). The molecule has 0 radical (unpaired) electrons. The van der Waals surface area contributed by atoms with E-state index in [2.05, 4.69) is 10.6 Å². The van der Waals surface area contributed by atoms with Crippen LogP contribution in [0.3, 0.4) is 0 Å². The lowest BCUT2D eigenvalue weighted by atomic mass is 10.0. The van der Waals surface area contributed by atoms with Crippen LogP contribution in [0.1, 0.15) is 18.9 Å². The summed E-state index contributed by atoms with van der Waals surface area (Å²) >= 11 is 0. The van der Waals surface area contributed by atoms with E-state index >= 15 is 0 Å². The molecule has 4 unspecified atom stereocenters. The zero-order valence-corrected chi connectivity index (χ0v) is 16.8. The van der Waals surface area contributed by atoms with E-state index in [1.54, 1.807) is 30.3 Å². The molecule has 8 N–H and O–H groups in total. The number of aliphatic hydroxyl groups is 1. The van der Waals surface area contributed by atoms with Crippen molar-refractivity contribution in [1.82, 2.24) is 16.0 Å². The van der Waals surface area contributed by atoms with Gasteiger partial charge >= 0.3 is 11.9 Å². The van der Waals surface area contributed by atoms with Gasteiger partial charge in [-0.1, -0.05) is 30.3 Å². The average Bonchev–Trinajstić information content (AvgIpc) is 2.70. The first-order valence-corrected chi connectivity index (χ1v) is 9.30. The van der Waals surface area contributed by atoms with Crippen LogP contribution in [0.5, 0.6) is 0 Å². The van der Waals surface area contributed by atoms with Crippen LogP contribution in [0.15, 0.2) is 30.3 Å². The molecular weight excluding hydrogens is 412 g/mol. The number of nitrogens with one attached hydrogen (secondary N) is 3. The third-order valence-corrected chi connectivity index (χ3v) is 4.16. The number of nitrogens with two attached hydrogens (primary N) is 1. The topological polar surface area (TPSA) is 208 Å². The van der Waals surface area contributed by atoms with Crippen molar-refractivity contribution in [2.45, 2.75) is 44.0 Å². The molecule has 1 aromatic rings. The number of hydrogen-bond donors (Lipinski definition) is 7. The van der Waals surface area contributed by atoms with Crippen LogP contribution < -0.4 is 21.7 Å². The Morgan fingerprint density at radius 3 is 2.00 bits per heavy atom. The van der Waals surface area contributed by atoms with Gasteiger partial charge in [0.25, 0.3) is 0 Å². The van der Waals surface area contributed by atoms with Crippen LogP contribution >= 0.6 is 0 Å². The number of aliphatic hydroxyl groups excluding tert-OH is 1. The molecule has 0 heterocycles. The summed E-state index contributed by atoms with van der Waals surface area (Å²) in [6, 6.07) is 4.40. The summed E-state index contributed by atoms with van der Waals surface area (Å²) in [6.45, 7) is 0.532. The fraction of sp³-hybridized carbons (Fsp3) is 0.421. The summed E-state index contributed by atoms with van der Waals surface area (Å²) in [5.41, 5.74) is 6.25. The van der Waals surface area contributed by atoms with Crippen LogP contribution in [-0.4, -0.2) is 75.8 Å². The van der Waals surface area contributed by atoms with Crippen molar-refractivity contribution in [2.75, 3.05) is 6.54 Å². The number of aliphatic carboxylic acids is 2. The molecule has 0 aromatic heterocycles. The maximum Gasteiger partial charge on any atom is 0.322 e. The molecule has 0 saturated carbocycles. The molecule has 0 fully saturated rings. The lowest BCUT2D eigenvalue weighted by molar-refractivity contribution is -0.141. The highest BCUT2D eigenvalue weighted by molar-refractivity contribution is 5.95. The fourth-order valence-electron chi connectivity index (χ4n) is 2.49. The minimum absolute atomic E-state index is 0.0124. The van der Waals surface area contributed by atoms with E-state index in [1.807, 2.05) is 5.32 Å². The van der Waals surface area contributed by atoms with Crippen molar-refractivity contribution < 1.29 is 39.3 Å². The van der Waals surface area contributed by atoms with Gasteiger partial charge < -0.3 is 37.0 Å².